The molecule has 9 heteroatoms. The number of carbonyl (C=O) groups is 2. The van der Waals surface area contributed by atoms with E-state index in [1.165, 1.54) is 30.3 Å². The summed E-state index contributed by atoms with van der Waals surface area (Å²) in [7, 11) is -3.85. The van der Waals surface area contributed by atoms with Crippen molar-refractivity contribution in [1.82, 2.24) is 0 Å². The van der Waals surface area contributed by atoms with Crippen molar-refractivity contribution in [3.05, 3.63) is 40.9 Å². The molecule has 25 heavy (non-hydrogen) atoms. The lowest BCUT2D eigenvalue weighted by Gasteiger charge is -2.06. The Hall–Kier alpha value is -1.90. The molecule has 1 aromatic carbocycles. The van der Waals surface area contributed by atoms with Gasteiger partial charge < -0.3 is 11.1 Å². The van der Waals surface area contributed by atoms with Crippen molar-refractivity contribution in [1.29, 1.82) is 0 Å². The van der Waals surface area contributed by atoms with E-state index in [1.807, 2.05) is 13.8 Å². The molecule has 3 N–H and O–H groups in total. The summed E-state index contributed by atoms with van der Waals surface area (Å²) in [5.41, 5.74) is 5.28. The van der Waals surface area contributed by atoms with Crippen LogP contribution in [0.5, 0.6) is 0 Å². The van der Waals surface area contributed by atoms with Gasteiger partial charge >= 0.3 is 0 Å². The summed E-state index contributed by atoms with van der Waals surface area (Å²) < 4.78 is 25.3. The number of nitrogens with one attached hydrogen (secondary N) is 1. The maximum Gasteiger partial charge on any atom is 0.251 e. The molecule has 1 heterocycles. The topological polar surface area (TPSA) is 106 Å². The Morgan fingerprint density at radius 1 is 1.24 bits per heavy atom. The molecule has 0 atom stereocenters. The summed E-state index contributed by atoms with van der Waals surface area (Å²) in [6, 6.07) is 6.85. The van der Waals surface area contributed by atoms with Crippen LogP contribution in [0.2, 0.25) is 5.02 Å². The third-order valence-electron chi connectivity index (χ3n) is 3.21. The molecule has 0 aliphatic heterocycles. The monoisotopic (exact) mass is 400 g/mol. The quantitative estimate of drug-likeness (QED) is 0.775. The molecule has 2 aromatic rings. The second-order valence-electron chi connectivity index (χ2n) is 5.78. The fraction of sp³-hybridized carbons (Fsp3) is 0.250. The van der Waals surface area contributed by atoms with Gasteiger partial charge in [-0.3, -0.25) is 9.59 Å². The number of amides is 2. The highest BCUT2D eigenvalue weighted by Gasteiger charge is 2.25. The van der Waals surface area contributed by atoms with Crippen LogP contribution in [-0.2, 0) is 14.6 Å². The Balaban J connectivity index is 2.42. The van der Waals surface area contributed by atoms with E-state index in [-0.39, 0.29) is 37.9 Å². The number of halogens is 1. The van der Waals surface area contributed by atoms with Crippen LogP contribution in [-0.4, -0.2) is 20.2 Å². The lowest BCUT2D eigenvalue weighted by Crippen LogP contribution is -2.17. The van der Waals surface area contributed by atoms with Crippen LogP contribution in [0.15, 0.2) is 39.4 Å². The van der Waals surface area contributed by atoms with Crippen LogP contribution in [0.3, 0.4) is 0 Å². The number of rotatable bonds is 6. The first-order chi connectivity index (χ1) is 11.6. The minimum absolute atomic E-state index is 0.0327. The van der Waals surface area contributed by atoms with Crippen LogP contribution >= 0.6 is 22.9 Å². The minimum Gasteiger partial charge on any atom is -0.366 e. The summed E-state index contributed by atoms with van der Waals surface area (Å²) in [6.45, 7) is 3.75. The molecule has 0 saturated carbocycles. The zero-order valence-corrected chi connectivity index (χ0v) is 16.0. The summed E-state index contributed by atoms with van der Waals surface area (Å²) in [5, 5.41) is 3.11. The van der Waals surface area contributed by atoms with Gasteiger partial charge in [0.25, 0.3) is 5.91 Å². The standard InChI is InChI=1S/C16H17ClN2O4S2/c1-9(2)7-13(20)19-16-12(15(18)21)8-14(24-16)25(22,23)11-5-3-10(17)4-6-11/h3-6,8-9H,7H2,1-2H3,(H2,18,21)(H,19,20). The number of carbonyl (C=O) groups excluding carboxylic acids is 2. The molecule has 0 unspecified atom stereocenters. The third-order valence-corrected chi connectivity index (χ3v) is 6.76. The van der Waals surface area contributed by atoms with Gasteiger partial charge in [0.2, 0.25) is 15.7 Å². The van der Waals surface area contributed by atoms with Crippen LogP contribution in [0.4, 0.5) is 5.00 Å². The molecule has 0 spiro atoms. The molecule has 0 fully saturated rings. The molecule has 0 radical (unpaired) electrons. The number of hydrogen-bond donors (Lipinski definition) is 2. The van der Waals surface area contributed by atoms with E-state index in [4.69, 9.17) is 17.3 Å². The molecule has 2 rings (SSSR count). The number of nitrogens with two attached hydrogens (primary N) is 1. The highest BCUT2D eigenvalue weighted by molar-refractivity contribution is 7.93. The van der Waals surface area contributed by atoms with Crippen LogP contribution in [0, 0.1) is 5.92 Å². The molecule has 2 amide bonds. The van der Waals surface area contributed by atoms with Crippen LogP contribution in [0.25, 0.3) is 0 Å². The number of anilines is 1. The summed E-state index contributed by atoms with van der Waals surface area (Å²) in [6.07, 6.45) is 0.245. The van der Waals surface area contributed by atoms with Gasteiger partial charge in [0, 0.05) is 11.4 Å². The van der Waals surface area contributed by atoms with Crippen LogP contribution < -0.4 is 11.1 Å². The summed E-state index contributed by atoms with van der Waals surface area (Å²) in [5.74, 6) is -1.00. The van der Waals surface area contributed by atoms with E-state index in [0.29, 0.717) is 5.02 Å². The molecule has 0 aliphatic carbocycles. The van der Waals surface area contributed by atoms with E-state index in [1.54, 1.807) is 0 Å². The lowest BCUT2D eigenvalue weighted by molar-refractivity contribution is -0.116. The third kappa shape index (κ3) is 4.59. The van der Waals surface area contributed by atoms with Crippen molar-refractivity contribution in [2.45, 2.75) is 29.4 Å². The molecule has 134 valence electrons. The average molecular weight is 401 g/mol. The van der Waals surface area contributed by atoms with Crippen molar-refractivity contribution in [2.75, 3.05) is 5.32 Å². The number of benzene rings is 1. The highest BCUT2D eigenvalue weighted by Crippen LogP contribution is 2.35. The minimum atomic E-state index is -3.85. The Kier molecular flexibility index (Phi) is 5.87. The van der Waals surface area contributed by atoms with Gasteiger partial charge in [0.1, 0.15) is 9.21 Å². The van der Waals surface area contributed by atoms with Gasteiger partial charge in [0.05, 0.1) is 10.5 Å². The Morgan fingerprint density at radius 2 is 1.84 bits per heavy atom. The van der Waals surface area contributed by atoms with E-state index in [9.17, 15) is 18.0 Å². The van der Waals surface area contributed by atoms with E-state index < -0.39 is 15.7 Å². The number of hydrogen-bond acceptors (Lipinski definition) is 5. The fourth-order valence-electron chi connectivity index (χ4n) is 2.06. The van der Waals surface area contributed by atoms with Gasteiger partial charge in [-0.25, -0.2) is 8.42 Å². The Labute approximate surface area is 154 Å². The van der Waals surface area contributed by atoms with E-state index >= 15 is 0 Å². The molecule has 0 aliphatic rings. The van der Waals surface area contributed by atoms with Gasteiger partial charge in [-0.05, 0) is 36.2 Å². The van der Waals surface area contributed by atoms with Gasteiger partial charge in [-0.15, -0.1) is 11.3 Å². The van der Waals surface area contributed by atoms with Crippen molar-refractivity contribution in [2.24, 2.45) is 11.7 Å². The SMILES string of the molecule is CC(C)CC(=O)Nc1sc(S(=O)(=O)c2ccc(Cl)cc2)cc1C(N)=O. The molecule has 6 nitrogen and oxygen atoms in total. The summed E-state index contributed by atoms with van der Waals surface area (Å²) in [4.78, 5) is 23.6. The lowest BCUT2D eigenvalue weighted by atomic mass is 10.1. The highest BCUT2D eigenvalue weighted by atomic mass is 35.5. The first kappa shape index (κ1) is 19.4. The molecule has 0 bridgehead atoms. The summed E-state index contributed by atoms with van der Waals surface area (Å²) >= 11 is 6.57. The predicted molar refractivity (Wildman–Crippen MR) is 97.8 cm³/mol. The van der Waals surface area contributed by atoms with Crippen molar-refractivity contribution < 1.29 is 18.0 Å². The zero-order valence-electron chi connectivity index (χ0n) is 13.6. The predicted octanol–water partition coefficient (Wildman–Crippen LogP) is 3.32. The number of thiophene rings is 1. The van der Waals surface area contributed by atoms with Crippen molar-refractivity contribution in [3.8, 4) is 0 Å². The van der Waals surface area contributed by atoms with Crippen molar-refractivity contribution in [3.63, 3.8) is 0 Å². The van der Waals surface area contributed by atoms with E-state index in [2.05, 4.69) is 5.32 Å². The first-order valence-corrected chi connectivity index (χ1v) is 10.0. The molecule has 1 aromatic heterocycles. The Bertz CT molecular complexity index is 903. The van der Waals surface area contributed by atoms with Gasteiger partial charge in [-0.2, -0.15) is 0 Å². The maximum atomic E-state index is 12.7. The normalized spacial score (nSPS) is 11.5. The Morgan fingerprint density at radius 3 is 2.36 bits per heavy atom. The van der Waals surface area contributed by atoms with Crippen molar-refractivity contribution >= 4 is 49.6 Å². The molecular formula is C16H17ClN2O4S2. The molecular weight excluding hydrogens is 384 g/mol. The van der Waals surface area contributed by atoms with E-state index in [0.717, 1.165) is 11.3 Å². The number of primary amides is 1. The smallest absolute Gasteiger partial charge is 0.251 e. The first-order valence-electron chi connectivity index (χ1n) is 7.35. The maximum absolute atomic E-state index is 12.7. The fourth-order valence-corrected chi connectivity index (χ4v) is 4.97. The number of sulfone groups is 1. The van der Waals surface area contributed by atoms with Crippen LogP contribution in [0.1, 0.15) is 30.6 Å². The second kappa shape index (κ2) is 7.55. The average Bonchev–Trinajstić information content (AvgIpc) is 2.91. The largest absolute Gasteiger partial charge is 0.366 e. The zero-order chi connectivity index (χ0) is 18.8. The van der Waals surface area contributed by atoms with Gasteiger partial charge in [0.15, 0.2) is 0 Å². The van der Waals surface area contributed by atoms with Gasteiger partial charge in [-0.1, -0.05) is 25.4 Å². The second-order valence-corrected chi connectivity index (χ2v) is 9.44. The molecule has 0 saturated heterocycles.